The summed E-state index contributed by atoms with van der Waals surface area (Å²) >= 11 is 0. The van der Waals surface area contributed by atoms with Crippen molar-refractivity contribution in [3.63, 3.8) is 0 Å². The number of carbonyl (C=O) groups excluding carboxylic acids is 2. The van der Waals surface area contributed by atoms with Gasteiger partial charge in [0.15, 0.2) is 0 Å². The third-order valence-corrected chi connectivity index (χ3v) is 5.97. The molecule has 1 aromatic rings. The average molecular weight is 385 g/mol. The number of hydrogen-bond acceptors (Lipinski definition) is 4. The minimum atomic E-state index is -3.53. The standard InChI is InChI=1S/C17H28N4O4S/c1-13(2)21(3)26(24,25)15-10-8-14(9-11-15)20-16(22)7-5-4-6-12-19-17(18)23/h8-11,13H,4-7,12H2,1-3H3,(H,20,22)(H3,18,19,23). The van der Waals surface area contributed by atoms with Gasteiger partial charge in [-0.05, 0) is 51.0 Å². The minimum Gasteiger partial charge on any atom is -0.352 e. The summed E-state index contributed by atoms with van der Waals surface area (Å²) in [6, 6.07) is 5.44. The monoisotopic (exact) mass is 384 g/mol. The van der Waals surface area contributed by atoms with E-state index in [1.165, 1.54) is 23.5 Å². The Kier molecular flexibility index (Phi) is 8.53. The summed E-state index contributed by atoms with van der Waals surface area (Å²) in [5, 5.41) is 5.24. The van der Waals surface area contributed by atoms with E-state index in [9.17, 15) is 18.0 Å². The van der Waals surface area contributed by atoms with Gasteiger partial charge >= 0.3 is 6.03 Å². The zero-order chi connectivity index (χ0) is 19.7. The molecule has 1 rings (SSSR count). The van der Waals surface area contributed by atoms with Crippen LogP contribution in [-0.2, 0) is 14.8 Å². The van der Waals surface area contributed by atoms with E-state index in [0.717, 1.165) is 12.8 Å². The summed E-state index contributed by atoms with van der Waals surface area (Å²) in [7, 11) is -1.99. The van der Waals surface area contributed by atoms with Gasteiger partial charge in [-0.25, -0.2) is 13.2 Å². The van der Waals surface area contributed by atoms with E-state index in [2.05, 4.69) is 10.6 Å². The molecule has 0 bridgehead atoms. The molecule has 8 nitrogen and oxygen atoms in total. The van der Waals surface area contributed by atoms with Gasteiger partial charge in [-0.1, -0.05) is 6.42 Å². The number of anilines is 1. The lowest BCUT2D eigenvalue weighted by molar-refractivity contribution is -0.116. The molecule has 0 radical (unpaired) electrons. The van der Waals surface area contributed by atoms with E-state index in [1.807, 2.05) is 0 Å². The molecule has 0 heterocycles. The molecule has 0 atom stereocenters. The Bertz CT molecular complexity index is 702. The number of nitrogens with zero attached hydrogens (tertiary/aromatic N) is 1. The van der Waals surface area contributed by atoms with Gasteiger partial charge in [0.1, 0.15) is 0 Å². The molecular formula is C17H28N4O4S. The average Bonchev–Trinajstić information content (AvgIpc) is 2.57. The van der Waals surface area contributed by atoms with Crippen LogP contribution < -0.4 is 16.4 Å². The van der Waals surface area contributed by atoms with Crippen molar-refractivity contribution in [2.75, 3.05) is 18.9 Å². The number of nitrogens with two attached hydrogens (primary N) is 1. The lowest BCUT2D eigenvalue weighted by Crippen LogP contribution is -2.33. The number of unbranched alkanes of at least 4 members (excludes halogenated alkanes) is 2. The third kappa shape index (κ3) is 7.01. The van der Waals surface area contributed by atoms with E-state index < -0.39 is 16.1 Å². The molecule has 0 saturated carbocycles. The Morgan fingerprint density at radius 3 is 2.27 bits per heavy atom. The van der Waals surface area contributed by atoms with Crippen LogP contribution in [0.4, 0.5) is 10.5 Å². The van der Waals surface area contributed by atoms with Crippen LogP contribution in [0.3, 0.4) is 0 Å². The number of benzene rings is 1. The number of amides is 3. The fourth-order valence-corrected chi connectivity index (χ4v) is 3.54. The van der Waals surface area contributed by atoms with Crippen LogP contribution in [0.15, 0.2) is 29.2 Å². The van der Waals surface area contributed by atoms with Crippen molar-refractivity contribution in [1.29, 1.82) is 0 Å². The fraction of sp³-hybridized carbons (Fsp3) is 0.529. The molecular weight excluding hydrogens is 356 g/mol. The van der Waals surface area contributed by atoms with Gasteiger partial charge in [0, 0.05) is 31.7 Å². The number of rotatable bonds is 10. The van der Waals surface area contributed by atoms with Crippen molar-refractivity contribution in [2.24, 2.45) is 5.73 Å². The van der Waals surface area contributed by atoms with Crippen molar-refractivity contribution in [2.45, 2.75) is 50.5 Å². The summed E-state index contributed by atoms with van der Waals surface area (Å²) in [4.78, 5) is 22.6. The Hall–Kier alpha value is -2.13. The summed E-state index contributed by atoms with van der Waals surface area (Å²) in [5.41, 5.74) is 5.51. The lowest BCUT2D eigenvalue weighted by atomic mass is 10.2. The highest BCUT2D eigenvalue weighted by atomic mass is 32.2. The number of urea groups is 1. The Morgan fingerprint density at radius 2 is 1.73 bits per heavy atom. The summed E-state index contributed by atoms with van der Waals surface area (Å²) < 4.78 is 26.1. The second-order valence-corrected chi connectivity index (χ2v) is 8.29. The topological polar surface area (TPSA) is 122 Å². The number of primary amides is 1. The van der Waals surface area contributed by atoms with E-state index >= 15 is 0 Å². The van der Waals surface area contributed by atoms with Gasteiger partial charge < -0.3 is 16.4 Å². The van der Waals surface area contributed by atoms with E-state index in [1.54, 1.807) is 26.0 Å². The molecule has 0 aromatic heterocycles. The first kappa shape index (κ1) is 21.9. The minimum absolute atomic E-state index is 0.136. The van der Waals surface area contributed by atoms with Gasteiger partial charge in [0.05, 0.1) is 4.90 Å². The zero-order valence-electron chi connectivity index (χ0n) is 15.5. The SMILES string of the molecule is CC(C)N(C)S(=O)(=O)c1ccc(NC(=O)CCCCCNC(N)=O)cc1. The number of sulfonamides is 1. The largest absolute Gasteiger partial charge is 0.352 e. The van der Waals surface area contributed by atoms with E-state index in [4.69, 9.17) is 5.73 Å². The van der Waals surface area contributed by atoms with E-state index in [0.29, 0.717) is 25.1 Å². The van der Waals surface area contributed by atoms with Crippen LogP contribution in [0.1, 0.15) is 39.5 Å². The third-order valence-electron chi connectivity index (χ3n) is 3.92. The normalized spacial score (nSPS) is 11.6. The molecule has 9 heteroatoms. The molecule has 0 spiro atoms. The maximum Gasteiger partial charge on any atom is 0.312 e. The van der Waals surface area contributed by atoms with Crippen LogP contribution in [0, 0.1) is 0 Å². The maximum absolute atomic E-state index is 12.4. The first-order valence-corrected chi connectivity index (χ1v) is 10.00. The molecule has 146 valence electrons. The number of nitrogens with one attached hydrogen (secondary N) is 2. The summed E-state index contributed by atoms with van der Waals surface area (Å²) in [6.07, 6.45) is 2.60. The Balaban J connectivity index is 2.47. The van der Waals surface area contributed by atoms with Gasteiger partial charge in [-0.3, -0.25) is 4.79 Å². The number of hydrogen-bond donors (Lipinski definition) is 3. The molecule has 0 unspecified atom stereocenters. The molecule has 0 saturated heterocycles. The predicted molar refractivity (Wildman–Crippen MR) is 101 cm³/mol. The van der Waals surface area contributed by atoms with Crippen LogP contribution in [0.2, 0.25) is 0 Å². The molecule has 1 aromatic carbocycles. The van der Waals surface area contributed by atoms with Crippen LogP contribution in [-0.4, -0.2) is 44.3 Å². The highest BCUT2D eigenvalue weighted by Crippen LogP contribution is 2.19. The van der Waals surface area contributed by atoms with Gasteiger partial charge in [-0.15, -0.1) is 0 Å². The van der Waals surface area contributed by atoms with Gasteiger partial charge in [0.2, 0.25) is 15.9 Å². The first-order chi connectivity index (χ1) is 12.1. The lowest BCUT2D eigenvalue weighted by Gasteiger charge is -2.21. The quantitative estimate of drug-likeness (QED) is 0.533. The Morgan fingerprint density at radius 1 is 1.12 bits per heavy atom. The van der Waals surface area contributed by atoms with Crippen molar-refractivity contribution in [3.8, 4) is 0 Å². The zero-order valence-corrected chi connectivity index (χ0v) is 16.3. The Labute approximate surface area is 155 Å². The fourth-order valence-electron chi connectivity index (χ4n) is 2.18. The molecule has 4 N–H and O–H groups in total. The smallest absolute Gasteiger partial charge is 0.312 e. The second kappa shape index (κ2) is 10.1. The maximum atomic E-state index is 12.4. The van der Waals surface area contributed by atoms with Gasteiger partial charge in [0.25, 0.3) is 0 Å². The van der Waals surface area contributed by atoms with Crippen molar-refractivity contribution >= 4 is 27.6 Å². The molecule has 0 aliphatic rings. The highest BCUT2D eigenvalue weighted by Gasteiger charge is 2.22. The predicted octanol–water partition coefficient (Wildman–Crippen LogP) is 1.88. The van der Waals surface area contributed by atoms with Crippen molar-refractivity contribution in [3.05, 3.63) is 24.3 Å². The first-order valence-electron chi connectivity index (χ1n) is 8.56. The molecule has 0 aliphatic heterocycles. The summed E-state index contributed by atoms with van der Waals surface area (Å²) in [6.45, 7) is 4.10. The second-order valence-electron chi connectivity index (χ2n) is 6.29. The van der Waals surface area contributed by atoms with Crippen LogP contribution in [0.25, 0.3) is 0 Å². The van der Waals surface area contributed by atoms with Crippen LogP contribution >= 0.6 is 0 Å². The molecule has 0 aliphatic carbocycles. The van der Waals surface area contributed by atoms with Crippen molar-refractivity contribution < 1.29 is 18.0 Å². The molecule has 0 fully saturated rings. The van der Waals surface area contributed by atoms with Crippen molar-refractivity contribution in [1.82, 2.24) is 9.62 Å². The highest BCUT2D eigenvalue weighted by molar-refractivity contribution is 7.89. The van der Waals surface area contributed by atoms with E-state index in [-0.39, 0.29) is 16.8 Å². The molecule has 3 amide bonds. The number of carbonyl (C=O) groups is 2. The van der Waals surface area contributed by atoms with Gasteiger partial charge in [-0.2, -0.15) is 4.31 Å². The molecule has 26 heavy (non-hydrogen) atoms. The summed E-state index contributed by atoms with van der Waals surface area (Å²) in [5.74, 6) is -0.136. The van der Waals surface area contributed by atoms with Crippen LogP contribution in [0.5, 0.6) is 0 Å².